The molecule has 3 nitrogen and oxygen atoms in total. The van der Waals surface area contributed by atoms with Crippen LogP contribution in [-0.4, -0.2) is 24.3 Å². The van der Waals surface area contributed by atoms with Crippen molar-refractivity contribution in [3.63, 3.8) is 0 Å². The van der Waals surface area contributed by atoms with E-state index in [0.717, 1.165) is 17.1 Å². The zero-order chi connectivity index (χ0) is 16.7. The van der Waals surface area contributed by atoms with E-state index in [1.165, 1.54) is 10.5 Å². The first-order valence-electron chi connectivity index (χ1n) is 7.75. The molecule has 23 heavy (non-hydrogen) atoms. The fourth-order valence-electron chi connectivity index (χ4n) is 2.07. The monoisotopic (exact) mass is 329 g/mol. The van der Waals surface area contributed by atoms with E-state index in [9.17, 15) is 4.79 Å². The van der Waals surface area contributed by atoms with E-state index in [2.05, 4.69) is 36.5 Å². The third-order valence-corrected chi connectivity index (χ3v) is 4.38. The number of amides is 1. The van der Waals surface area contributed by atoms with Gasteiger partial charge in [-0.15, -0.1) is 11.8 Å². The van der Waals surface area contributed by atoms with Crippen molar-refractivity contribution < 1.29 is 9.53 Å². The zero-order valence-electron chi connectivity index (χ0n) is 13.8. The van der Waals surface area contributed by atoms with Gasteiger partial charge in [-0.05, 0) is 50.6 Å². The first kappa shape index (κ1) is 17.4. The highest BCUT2D eigenvalue weighted by molar-refractivity contribution is 7.99. The van der Waals surface area contributed by atoms with Gasteiger partial charge in [0.25, 0.3) is 5.91 Å². The molecule has 2 aromatic carbocycles. The summed E-state index contributed by atoms with van der Waals surface area (Å²) in [5.74, 6) is 1.48. The van der Waals surface area contributed by atoms with E-state index in [-0.39, 0.29) is 5.91 Å². The molecule has 0 aliphatic carbocycles. The molecule has 0 bridgehead atoms. The zero-order valence-corrected chi connectivity index (χ0v) is 14.7. The standard InChI is InChI=1S/C19H23NO2S/c1-14-7-9-18(10-8-14)23-12-11-20-19(21)16(3)22-17-6-4-5-15(2)13-17/h4-10,13,16H,11-12H2,1-3H3,(H,20,21)/t16-/m0/s1. The summed E-state index contributed by atoms with van der Waals surface area (Å²) in [5.41, 5.74) is 2.37. The molecule has 0 heterocycles. The van der Waals surface area contributed by atoms with Crippen molar-refractivity contribution in [1.29, 1.82) is 0 Å². The average Bonchev–Trinajstić information content (AvgIpc) is 2.53. The molecule has 0 aliphatic rings. The minimum atomic E-state index is -0.499. The summed E-state index contributed by atoms with van der Waals surface area (Å²) in [6.07, 6.45) is -0.499. The fraction of sp³-hybridized carbons (Fsp3) is 0.316. The topological polar surface area (TPSA) is 38.3 Å². The van der Waals surface area contributed by atoms with E-state index in [4.69, 9.17) is 4.74 Å². The Hall–Kier alpha value is -1.94. The van der Waals surface area contributed by atoms with Gasteiger partial charge in [0.05, 0.1) is 0 Å². The van der Waals surface area contributed by atoms with Crippen LogP contribution < -0.4 is 10.1 Å². The molecule has 1 amide bonds. The van der Waals surface area contributed by atoms with Crippen LogP contribution in [0.15, 0.2) is 53.4 Å². The summed E-state index contributed by atoms with van der Waals surface area (Å²) in [6.45, 7) is 6.47. The van der Waals surface area contributed by atoms with Gasteiger partial charge in [-0.25, -0.2) is 0 Å². The number of hydrogen-bond acceptors (Lipinski definition) is 3. The molecule has 1 N–H and O–H groups in total. The van der Waals surface area contributed by atoms with Gasteiger partial charge in [0.15, 0.2) is 6.10 Å². The Balaban J connectivity index is 1.70. The van der Waals surface area contributed by atoms with Gasteiger partial charge < -0.3 is 10.1 Å². The van der Waals surface area contributed by atoms with Gasteiger partial charge in [-0.2, -0.15) is 0 Å². The molecule has 2 rings (SSSR count). The lowest BCUT2D eigenvalue weighted by Crippen LogP contribution is -2.37. The lowest BCUT2D eigenvalue weighted by Gasteiger charge is -2.15. The van der Waals surface area contributed by atoms with Crippen LogP contribution in [0, 0.1) is 13.8 Å². The smallest absolute Gasteiger partial charge is 0.260 e. The highest BCUT2D eigenvalue weighted by Crippen LogP contribution is 2.17. The Bertz CT molecular complexity index is 640. The van der Waals surface area contributed by atoms with Crippen molar-refractivity contribution in [2.45, 2.75) is 31.8 Å². The number of thioether (sulfide) groups is 1. The fourth-order valence-corrected chi connectivity index (χ4v) is 2.84. The van der Waals surface area contributed by atoms with Gasteiger partial charge in [-0.1, -0.05) is 29.8 Å². The SMILES string of the molecule is Cc1ccc(SCCNC(=O)[C@H](C)Oc2cccc(C)c2)cc1. The summed E-state index contributed by atoms with van der Waals surface area (Å²) in [6, 6.07) is 16.1. The van der Waals surface area contributed by atoms with Crippen molar-refractivity contribution in [1.82, 2.24) is 5.32 Å². The van der Waals surface area contributed by atoms with Crippen LogP contribution >= 0.6 is 11.8 Å². The second-order valence-electron chi connectivity index (χ2n) is 5.53. The lowest BCUT2D eigenvalue weighted by molar-refractivity contribution is -0.127. The number of hydrogen-bond donors (Lipinski definition) is 1. The maximum Gasteiger partial charge on any atom is 0.260 e. The average molecular weight is 329 g/mol. The van der Waals surface area contributed by atoms with Gasteiger partial charge in [0.1, 0.15) is 5.75 Å². The largest absolute Gasteiger partial charge is 0.481 e. The van der Waals surface area contributed by atoms with Crippen LogP contribution in [0.5, 0.6) is 5.75 Å². The highest BCUT2D eigenvalue weighted by Gasteiger charge is 2.13. The molecular weight excluding hydrogens is 306 g/mol. The molecule has 0 aliphatic heterocycles. The molecule has 0 saturated carbocycles. The lowest BCUT2D eigenvalue weighted by atomic mass is 10.2. The van der Waals surface area contributed by atoms with Crippen molar-refractivity contribution in [3.8, 4) is 5.75 Å². The minimum Gasteiger partial charge on any atom is -0.481 e. The number of nitrogens with one attached hydrogen (secondary N) is 1. The van der Waals surface area contributed by atoms with Crippen LogP contribution in [0.1, 0.15) is 18.1 Å². The summed E-state index contributed by atoms with van der Waals surface area (Å²) in [7, 11) is 0. The Morgan fingerprint density at radius 3 is 2.57 bits per heavy atom. The third-order valence-electron chi connectivity index (χ3n) is 3.36. The molecule has 0 saturated heterocycles. The van der Waals surface area contributed by atoms with Crippen LogP contribution in [0.2, 0.25) is 0 Å². The van der Waals surface area contributed by atoms with Crippen molar-refractivity contribution in [2.75, 3.05) is 12.3 Å². The number of aryl methyl sites for hydroxylation is 2. The Kier molecular flexibility index (Phi) is 6.53. The van der Waals surface area contributed by atoms with E-state index < -0.39 is 6.10 Å². The van der Waals surface area contributed by atoms with Crippen LogP contribution in [0.25, 0.3) is 0 Å². The number of rotatable bonds is 7. The van der Waals surface area contributed by atoms with E-state index >= 15 is 0 Å². The molecule has 0 aromatic heterocycles. The first-order chi connectivity index (χ1) is 11.0. The second kappa shape index (κ2) is 8.63. The molecule has 0 spiro atoms. The predicted octanol–water partition coefficient (Wildman–Crippen LogP) is 3.98. The Morgan fingerprint density at radius 2 is 1.87 bits per heavy atom. The predicted molar refractivity (Wildman–Crippen MR) is 96.2 cm³/mol. The molecule has 1 atom stereocenters. The quantitative estimate of drug-likeness (QED) is 0.617. The number of carbonyl (C=O) groups excluding carboxylic acids is 1. The second-order valence-corrected chi connectivity index (χ2v) is 6.70. The molecular formula is C19H23NO2S. The Morgan fingerprint density at radius 1 is 1.13 bits per heavy atom. The summed E-state index contributed by atoms with van der Waals surface area (Å²) in [4.78, 5) is 13.3. The third kappa shape index (κ3) is 5.99. The molecule has 4 heteroatoms. The summed E-state index contributed by atoms with van der Waals surface area (Å²) in [5, 5.41) is 2.91. The van der Waals surface area contributed by atoms with E-state index in [1.54, 1.807) is 18.7 Å². The molecule has 122 valence electrons. The number of ether oxygens (including phenoxy) is 1. The Labute approximate surface area is 142 Å². The van der Waals surface area contributed by atoms with Crippen molar-refractivity contribution in [2.24, 2.45) is 0 Å². The first-order valence-corrected chi connectivity index (χ1v) is 8.73. The summed E-state index contributed by atoms with van der Waals surface area (Å²) < 4.78 is 5.67. The van der Waals surface area contributed by atoms with E-state index in [1.807, 2.05) is 31.2 Å². The van der Waals surface area contributed by atoms with Crippen molar-refractivity contribution in [3.05, 3.63) is 59.7 Å². The minimum absolute atomic E-state index is 0.0870. The number of benzene rings is 2. The van der Waals surface area contributed by atoms with E-state index in [0.29, 0.717) is 6.54 Å². The molecule has 0 radical (unpaired) electrons. The number of carbonyl (C=O) groups is 1. The van der Waals surface area contributed by atoms with Gasteiger partial charge in [-0.3, -0.25) is 4.79 Å². The summed E-state index contributed by atoms with van der Waals surface area (Å²) >= 11 is 1.73. The van der Waals surface area contributed by atoms with Crippen LogP contribution in [0.3, 0.4) is 0 Å². The maximum atomic E-state index is 12.0. The van der Waals surface area contributed by atoms with Crippen molar-refractivity contribution >= 4 is 17.7 Å². The highest BCUT2D eigenvalue weighted by atomic mass is 32.2. The molecule has 0 fully saturated rings. The van der Waals surface area contributed by atoms with Gasteiger partial charge in [0.2, 0.25) is 0 Å². The van der Waals surface area contributed by atoms with Gasteiger partial charge in [0, 0.05) is 17.2 Å². The molecule has 2 aromatic rings. The molecule has 0 unspecified atom stereocenters. The van der Waals surface area contributed by atoms with Crippen LogP contribution in [-0.2, 0) is 4.79 Å². The van der Waals surface area contributed by atoms with Gasteiger partial charge >= 0.3 is 0 Å². The maximum absolute atomic E-state index is 12.0. The normalized spacial score (nSPS) is 11.8. The van der Waals surface area contributed by atoms with Crippen LogP contribution in [0.4, 0.5) is 0 Å².